The van der Waals surface area contributed by atoms with E-state index in [1.807, 2.05) is 12.1 Å². The van der Waals surface area contributed by atoms with Gasteiger partial charge in [0.05, 0.1) is 7.11 Å². The number of ether oxygens (including phenoxy) is 2. The lowest BCUT2D eigenvalue weighted by atomic mass is 9.67. The highest BCUT2D eigenvalue weighted by atomic mass is 16.5. The molecule has 1 aliphatic carbocycles. The van der Waals surface area contributed by atoms with E-state index in [9.17, 15) is 0 Å². The highest BCUT2D eigenvalue weighted by Crippen LogP contribution is 2.44. The van der Waals surface area contributed by atoms with E-state index in [2.05, 4.69) is 29.7 Å². The summed E-state index contributed by atoms with van der Waals surface area (Å²) in [6.07, 6.45) is 5.93. The molecule has 140 valence electrons. The smallest absolute Gasteiger partial charge is 0.191 e. The van der Waals surface area contributed by atoms with Crippen molar-refractivity contribution in [1.82, 2.24) is 10.6 Å². The van der Waals surface area contributed by atoms with E-state index in [1.165, 1.54) is 24.8 Å². The zero-order valence-electron chi connectivity index (χ0n) is 15.9. The number of hydrogen-bond acceptors (Lipinski definition) is 3. The van der Waals surface area contributed by atoms with Gasteiger partial charge in [-0.25, -0.2) is 0 Å². The molecule has 0 heterocycles. The van der Waals surface area contributed by atoms with Gasteiger partial charge in [0.2, 0.25) is 0 Å². The van der Waals surface area contributed by atoms with Crippen LogP contribution in [0.25, 0.3) is 0 Å². The second-order valence-corrected chi connectivity index (χ2v) is 6.82. The number of rotatable bonds is 10. The molecule has 1 aromatic carbocycles. The van der Waals surface area contributed by atoms with Gasteiger partial charge in [0.1, 0.15) is 5.75 Å². The predicted molar refractivity (Wildman–Crippen MR) is 103 cm³/mol. The van der Waals surface area contributed by atoms with Crippen molar-refractivity contribution in [2.75, 3.05) is 40.5 Å². The second kappa shape index (κ2) is 10.3. The van der Waals surface area contributed by atoms with Crippen LogP contribution >= 0.6 is 0 Å². The van der Waals surface area contributed by atoms with Crippen molar-refractivity contribution in [2.45, 2.75) is 39.0 Å². The molecule has 1 saturated carbocycles. The molecule has 0 amide bonds. The van der Waals surface area contributed by atoms with Crippen molar-refractivity contribution in [3.05, 3.63) is 29.8 Å². The van der Waals surface area contributed by atoms with Crippen LogP contribution in [0.5, 0.6) is 5.75 Å². The van der Waals surface area contributed by atoms with Gasteiger partial charge in [-0.15, -0.1) is 0 Å². The first-order chi connectivity index (χ1) is 12.2. The average molecular weight is 348 g/mol. The summed E-state index contributed by atoms with van der Waals surface area (Å²) in [6.45, 7) is 5.55. The Labute approximate surface area is 152 Å². The maximum absolute atomic E-state index is 5.27. The number of methoxy groups -OCH3 is 2. The van der Waals surface area contributed by atoms with Crippen LogP contribution in [0.15, 0.2) is 29.3 Å². The molecule has 0 spiro atoms. The van der Waals surface area contributed by atoms with Gasteiger partial charge in [0, 0.05) is 33.4 Å². The van der Waals surface area contributed by atoms with Gasteiger partial charge in [-0.3, -0.25) is 4.99 Å². The third-order valence-electron chi connectivity index (χ3n) is 5.03. The zero-order chi connectivity index (χ0) is 18.0. The number of benzene rings is 1. The van der Waals surface area contributed by atoms with Crippen LogP contribution in [0.4, 0.5) is 0 Å². The molecule has 0 bridgehead atoms. The predicted octanol–water partition coefficient (Wildman–Crippen LogP) is 3.00. The Morgan fingerprint density at radius 3 is 2.48 bits per heavy atom. The summed E-state index contributed by atoms with van der Waals surface area (Å²) < 4.78 is 10.5. The summed E-state index contributed by atoms with van der Waals surface area (Å²) in [7, 11) is 3.47. The fourth-order valence-electron chi connectivity index (χ4n) is 3.19. The lowest BCUT2D eigenvalue weighted by Gasteiger charge is -2.40. The monoisotopic (exact) mass is 347 g/mol. The Morgan fingerprint density at radius 2 is 1.92 bits per heavy atom. The molecule has 25 heavy (non-hydrogen) atoms. The molecule has 0 unspecified atom stereocenters. The third-order valence-corrected chi connectivity index (χ3v) is 5.03. The Balaban J connectivity index is 1.82. The average Bonchev–Trinajstić information content (AvgIpc) is 2.61. The van der Waals surface area contributed by atoms with Gasteiger partial charge in [0.15, 0.2) is 5.96 Å². The molecule has 2 N–H and O–H groups in total. The van der Waals surface area contributed by atoms with Crippen molar-refractivity contribution in [3.8, 4) is 5.75 Å². The molecule has 1 aromatic rings. The van der Waals surface area contributed by atoms with Crippen molar-refractivity contribution in [3.63, 3.8) is 0 Å². The molecule has 0 radical (unpaired) electrons. The summed E-state index contributed by atoms with van der Waals surface area (Å²) in [5.74, 6) is 1.81. The number of aliphatic imine (C=N–C) groups is 1. The minimum atomic E-state index is 0.356. The lowest BCUT2D eigenvalue weighted by Crippen LogP contribution is -2.41. The lowest BCUT2D eigenvalue weighted by molar-refractivity contribution is 0.0778. The van der Waals surface area contributed by atoms with Crippen molar-refractivity contribution in [2.24, 2.45) is 10.4 Å². The maximum Gasteiger partial charge on any atom is 0.191 e. The highest BCUT2D eigenvalue weighted by Gasteiger charge is 2.36. The van der Waals surface area contributed by atoms with Gasteiger partial charge >= 0.3 is 0 Å². The van der Waals surface area contributed by atoms with Crippen LogP contribution in [-0.2, 0) is 11.2 Å². The van der Waals surface area contributed by atoms with Crippen LogP contribution in [0.1, 0.15) is 38.2 Å². The fraction of sp³-hybridized carbons (Fsp3) is 0.650. The van der Waals surface area contributed by atoms with E-state index in [0.717, 1.165) is 50.8 Å². The van der Waals surface area contributed by atoms with E-state index >= 15 is 0 Å². The molecule has 5 heteroatoms. The topological polar surface area (TPSA) is 54.9 Å². The molecule has 0 saturated heterocycles. The molecular weight excluding hydrogens is 314 g/mol. The largest absolute Gasteiger partial charge is 0.497 e. The molecule has 2 rings (SSSR count). The standard InChI is InChI=1S/C20H33N3O2/c1-4-21-19(23-16-20(11-5-12-20)13-15-24-2)22-14-10-17-6-8-18(25-3)9-7-17/h6-9H,4-5,10-16H2,1-3H3,(H2,21,22,23). The van der Waals surface area contributed by atoms with Crippen molar-refractivity contribution < 1.29 is 9.47 Å². The molecule has 5 nitrogen and oxygen atoms in total. The van der Waals surface area contributed by atoms with Gasteiger partial charge in [-0.1, -0.05) is 18.6 Å². The summed E-state index contributed by atoms with van der Waals surface area (Å²) in [6, 6.07) is 8.23. The Bertz CT molecular complexity index is 524. The summed E-state index contributed by atoms with van der Waals surface area (Å²) in [5, 5.41) is 6.80. The van der Waals surface area contributed by atoms with E-state index in [0.29, 0.717) is 5.41 Å². The van der Waals surface area contributed by atoms with Crippen molar-refractivity contribution >= 4 is 5.96 Å². The second-order valence-electron chi connectivity index (χ2n) is 6.82. The Kier molecular flexibility index (Phi) is 8.06. The van der Waals surface area contributed by atoms with E-state index in [4.69, 9.17) is 14.5 Å². The molecule has 1 fully saturated rings. The van der Waals surface area contributed by atoms with Crippen LogP contribution in [0.3, 0.4) is 0 Å². The number of nitrogens with zero attached hydrogens (tertiary/aromatic N) is 1. The first-order valence-corrected chi connectivity index (χ1v) is 9.35. The van der Waals surface area contributed by atoms with Gasteiger partial charge in [-0.2, -0.15) is 0 Å². The minimum Gasteiger partial charge on any atom is -0.497 e. The quantitative estimate of drug-likeness (QED) is 0.505. The van der Waals surface area contributed by atoms with Crippen LogP contribution in [0.2, 0.25) is 0 Å². The third kappa shape index (κ3) is 6.24. The van der Waals surface area contributed by atoms with E-state index in [1.54, 1.807) is 14.2 Å². The maximum atomic E-state index is 5.27. The molecular formula is C20H33N3O2. The molecule has 0 aliphatic heterocycles. The zero-order valence-corrected chi connectivity index (χ0v) is 15.9. The number of nitrogens with one attached hydrogen (secondary N) is 2. The Hall–Kier alpha value is -1.75. The first-order valence-electron chi connectivity index (χ1n) is 9.35. The highest BCUT2D eigenvalue weighted by molar-refractivity contribution is 5.79. The molecule has 0 atom stereocenters. The fourth-order valence-corrected chi connectivity index (χ4v) is 3.19. The number of hydrogen-bond donors (Lipinski definition) is 2. The van der Waals surface area contributed by atoms with Gasteiger partial charge < -0.3 is 20.1 Å². The number of guanidine groups is 1. The minimum absolute atomic E-state index is 0.356. The Morgan fingerprint density at radius 1 is 1.16 bits per heavy atom. The normalized spacial score (nSPS) is 16.2. The first kappa shape index (κ1) is 19.6. The van der Waals surface area contributed by atoms with Crippen LogP contribution in [-0.4, -0.2) is 46.4 Å². The van der Waals surface area contributed by atoms with E-state index in [-0.39, 0.29) is 0 Å². The van der Waals surface area contributed by atoms with Crippen LogP contribution < -0.4 is 15.4 Å². The summed E-state index contributed by atoms with van der Waals surface area (Å²) in [5.41, 5.74) is 1.65. The van der Waals surface area contributed by atoms with Crippen molar-refractivity contribution in [1.29, 1.82) is 0 Å². The molecule has 1 aliphatic rings. The molecule has 0 aromatic heterocycles. The van der Waals surface area contributed by atoms with Crippen LogP contribution in [0, 0.1) is 5.41 Å². The SMILES string of the molecule is CCNC(=NCC1(CCOC)CCC1)NCCc1ccc(OC)cc1. The summed E-state index contributed by atoms with van der Waals surface area (Å²) in [4.78, 5) is 4.84. The summed E-state index contributed by atoms with van der Waals surface area (Å²) >= 11 is 0. The van der Waals surface area contributed by atoms with E-state index < -0.39 is 0 Å². The van der Waals surface area contributed by atoms with Gasteiger partial charge in [-0.05, 0) is 55.7 Å². The van der Waals surface area contributed by atoms with Gasteiger partial charge in [0.25, 0.3) is 0 Å².